The number of aromatic nitrogens is 5. The Morgan fingerprint density at radius 3 is 2.75 bits per heavy atom. The molecular formula is C23H22F2N6O. The van der Waals surface area contributed by atoms with Gasteiger partial charge in [-0.15, -0.1) is 0 Å². The van der Waals surface area contributed by atoms with Crippen LogP contribution in [0.1, 0.15) is 24.3 Å². The maximum Gasteiger partial charge on any atom is 0.228 e. The summed E-state index contributed by atoms with van der Waals surface area (Å²) in [5.74, 6) is -0.872. The lowest BCUT2D eigenvalue weighted by atomic mass is 10.1. The van der Waals surface area contributed by atoms with Gasteiger partial charge in [-0.2, -0.15) is 10.1 Å². The molecule has 32 heavy (non-hydrogen) atoms. The normalized spacial score (nSPS) is 16.6. The molecule has 0 amide bonds. The predicted octanol–water partition coefficient (Wildman–Crippen LogP) is 3.84. The average Bonchev–Trinajstić information content (AvgIpc) is 3.24. The van der Waals surface area contributed by atoms with Crippen molar-refractivity contribution in [2.45, 2.75) is 19.4 Å². The van der Waals surface area contributed by atoms with Gasteiger partial charge in [0.05, 0.1) is 25.0 Å². The molecule has 1 fully saturated rings. The SMILES string of the molecule is CCc1ccc2c(-c3ccc(F)cc3F)nc(N3CCO[C@H](c4cnn(C)c4)C3)nc2n1. The fourth-order valence-corrected chi connectivity index (χ4v) is 3.90. The Labute approximate surface area is 183 Å². The maximum atomic E-state index is 14.7. The van der Waals surface area contributed by atoms with Gasteiger partial charge in [0.2, 0.25) is 5.95 Å². The summed E-state index contributed by atoms with van der Waals surface area (Å²) in [6.45, 7) is 3.61. The molecule has 1 atom stereocenters. The molecule has 1 aliphatic heterocycles. The Bertz CT molecular complexity index is 1290. The number of aryl methyl sites for hydroxylation is 2. The van der Waals surface area contributed by atoms with Gasteiger partial charge in [0.1, 0.15) is 17.7 Å². The fourth-order valence-electron chi connectivity index (χ4n) is 3.90. The van der Waals surface area contributed by atoms with Crippen LogP contribution >= 0.6 is 0 Å². The highest BCUT2D eigenvalue weighted by atomic mass is 19.1. The van der Waals surface area contributed by atoms with E-state index in [4.69, 9.17) is 14.7 Å². The smallest absolute Gasteiger partial charge is 0.228 e. The van der Waals surface area contributed by atoms with E-state index >= 15 is 0 Å². The van der Waals surface area contributed by atoms with Gasteiger partial charge in [-0.3, -0.25) is 4.68 Å². The minimum absolute atomic E-state index is 0.183. The molecule has 5 rings (SSSR count). The van der Waals surface area contributed by atoms with Crippen molar-refractivity contribution in [3.8, 4) is 11.3 Å². The van der Waals surface area contributed by atoms with Crippen LogP contribution in [0.4, 0.5) is 14.7 Å². The van der Waals surface area contributed by atoms with E-state index in [1.54, 1.807) is 10.9 Å². The standard InChI is InChI=1S/C23H22F2N6O/c1-3-16-5-7-18-21(17-6-4-15(24)10-19(17)25)28-23(29-22(18)27-16)31-8-9-32-20(13-31)14-11-26-30(2)12-14/h4-7,10-12,20H,3,8-9,13H2,1-2H3/t20-/m0/s1. The average molecular weight is 436 g/mol. The zero-order valence-electron chi connectivity index (χ0n) is 17.8. The Balaban J connectivity index is 1.61. The molecule has 0 unspecified atom stereocenters. The predicted molar refractivity (Wildman–Crippen MR) is 116 cm³/mol. The molecule has 4 heterocycles. The van der Waals surface area contributed by atoms with Crippen LogP contribution in [0.3, 0.4) is 0 Å². The van der Waals surface area contributed by atoms with Crippen LogP contribution < -0.4 is 4.90 Å². The number of benzene rings is 1. The molecule has 0 saturated carbocycles. The number of hydrogen-bond acceptors (Lipinski definition) is 6. The van der Waals surface area contributed by atoms with E-state index in [1.807, 2.05) is 37.2 Å². The molecule has 9 heteroatoms. The quantitative estimate of drug-likeness (QED) is 0.484. The van der Waals surface area contributed by atoms with Crippen molar-refractivity contribution in [2.24, 2.45) is 7.05 Å². The third-order valence-corrected chi connectivity index (χ3v) is 5.60. The van der Waals surface area contributed by atoms with Gasteiger partial charge in [-0.25, -0.2) is 18.7 Å². The second kappa shape index (κ2) is 8.23. The molecular weight excluding hydrogens is 414 g/mol. The first-order chi connectivity index (χ1) is 15.5. The van der Waals surface area contributed by atoms with Gasteiger partial charge < -0.3 is 9.64 Å². The highest BCUT2D eigenvalue weighted by Gasteiger charge is 2.26. The molecule has 0 N–H and O–H groups in total. The molecule has 3 aromatic heterocycles. The van der Waals surface area contributed by atoms with Crippen molar-refractivity contribution in [1.29, 1.82) is 0 Å². The Morgan fingerprint density at radius 1 is 1.12 bits per heavy atom. The first-order valence-corrected chi connectivity index (χ1v) is 10.5. The molecule has 0 spiro atoms. The van der Waals surface area contributed by atoms with Gasteiger partial charge in [0.25, 0.3) is 0 Å². The molecule has 164 valence electrons. The van der Waals surface area contributed by atoms with E-state index in [2.05, 4.69) is 10.1 Å². The first-order valence-electron chi connectivity index (χ1n) is 10.5. The lowest BCUT2D eigenvalue weighted by Crippen LogP contribution is -2.39. The molecule has 4 aromatic rings. The van der Waals surface area contributed by atoms with E-state index in [9.17, 15) is 8.78 Å². The van der Waals surface area contributed by atoms with E-state index in [1.165, 1.54) is 12.1 Å². The molecule has 0 bridgehead atoms. The second-order valence-electron chi connectivity index (χ2n) is 7.78. The largest absolute Gasteiger partial charge is 0.370 e. The third-order valence-electron chi connectivity index (χ3n) is 5.60. The van der Waals surface area contributed by atoms with Crippen molar-refractivity contribution in [2.75, 3.05) is 24.6 Å². The summed E-state index contributed by atoms with van der Waals surface area (Å²) in [5, 5.41) is 4.84. The van der Waals surface area contributed by atoms with Crippen molar-refractivity contribution < 1.29 is 13.5 Å². The van der Waals surface area contributed by atoms with Gasteiger partial charge in [0.15, 0.2) is 5.65 Å². The van der Waals surface area contributed by atoms with Crippen LogP contribution in [-0.4, -0.2) is 44.4 Å². The number of fused-ring (bicyclic) bond motifs is 1. The minimum Gasteiger partial charge on any atom is -0.370 e. The number of hydrogen-bond donors (Lipinski definition) is 0. The fraction of sp³-hybridized carbons (Fsp3) is 0.304. The van der Waals surface area contributed by atoms with Crippen molar-refractivity contribution in [3.05, 3.63) is 65.6 Å². The van der Waals surface area contributed by atoms with Gasteiger partial charge in [0, 0.05) is 48.1 Å². The Hall–Kier alpha value is -3.46. The summed E-state index contributed by atoms with van der Waals surface area (Å²) in [6.07, 6.45) is 4.27. The zero-order chi connectivity index (χ0) is 22.2. The summed E-state index contributed by atoms with van der Waals surface area (Å²) in [5.41, 5.74) is 2.93. The van der Waals surface area contributed by atoms with E-state index < -0.39 is 11.6 Å². The first kappa shape index (κ1) is 20.4. The second-order valence-corrected chi connectivity index (χ2v) is 7.78. The highest BCUT2D eigenvalue weighted by Crippen LogP contribution is 2.31. The number of nitrogens with zero attached hydrogens (tertiary/aromatic N) is 6. The number of morpholine rings is 1. The molecule has 0 aliphatic carbocycles. The molecule has 1 saturated heterocycles. The lowest BCUT2D eigenvalue weighted by Gasteiger charge is -2.32. The van der Waals surface area contributed by atoms with Crippen molar-refractivity contribution >= 4 is 17.0 Å². The van der Waals surface area contributed by atoms with Crippen LogP contribution in [0, 0.1) is 11.6 Å². The monoisotopic (exact) mass is 436 g/mol. The number of pyridine rings is 1. The lowest BCUT2D eigenvalue weighted by molar-refractivity contribution is 0.0392. The summed E-state index contributed by atoms with van der Waals surface area (Å²) in [4.78, 5) is 16.1. The number of ether oxygens (including phenoxy) is 1. The molecule has 1 aromatic carbocycles. The molecule has 0 radical (unpaired) electrons. The molecule has 1 aliphatic rings. The van der Waals surface area contributed by atoms with Crippen LogP contribution in [0.2, 0.25) is 0 Å². The zero-order valence-corrected chi connectivity index (χ0v) is 17.8. The van der Waals surface area contributed by atoms with E-state index in [0.717, 1.165) is 23.7 Å². The third kappa shape index (κ3) is 3.80. The maximum absolute atomic E-state index is 14.7. The minimum atomic E-state index is -0.675. The van der Waals surface area contributed by atoms with Crippen LogP contribution in [0.25, 0.3) is 22.3 Å². The summed E-state index contributed by atoms with van der Waals surface area (Å²) < 4.78 is 35.9. The summed E-state index contributed by atoms with van der Waals surface area (Å²) >= 11 is 0. The number of anilines is 1. The van der Waals surface area contributed by atoms with Gasteiger partial charge in [-0.05, 0) is 30.7 Å². The van der Waals surface area contributed by atoms with Gasteiger partial charge in [-0.1, -0.05) is 6.92 Å². The Morgan fingerprint density at radius 2 is 2.00 bits per heavy atom. The highest BCUT2D eigenvalue weighted by molar-refractivity contribution is 5.91. The van der Waals surface area contributed by atoms with Crippen LogP contribution in [0.15, 0.2) is 42.7 Å². The Kier molecular flexibility index (Phi) is 5.26. The van der Waals surface area contributed by atoms with Crippen molar-refractivity contribution in [3.63, 3.8) is 0 Å². The number of halogens is 2. The van der Waals surface area contributed by atoms with Gasteiger partial charge >= 0.3 is 0 Å². The van der Waals surface area contributed by atoms with Crippen LogP contribution in [-0.2, 0) is 18.2 Å². The number of rotatable bonds is 4. The summed E-state index contributed by atoms with van der Waals surface area (Å²) in [7, 11) is 1.86. The topological polar surface area (TPSA) is 69.0 Å². The van der Waals surface area contributed by atoms with Crippen molar-refractivity contribution in [1.82, 2.24) is 24.7 Å². The van der Waals surface area contributed by atoms with E-state index in [0.29, 0.717) is 42.4 Å². The van der Waals surface area contributed by atoms with Crippen LogP contribution in [0.5, 0.6) is 0 Å². The van der Waals surface area contributed by atoms with E-state index in [-0.39, 0.29) is 11.7 Å². The summed E-state index contributed by atoms with van der Waals surface area (Å²) in [6, 6.07) is 7.23. The molecule has 7 nitrogen and oxygen atoms in total.